The second-order valence-electron chi connectivity index (χ2n) is 6.88. The Morgan fingerprint density at radius 2 is 1.50 bits per heavy atom. The monoisotopic (exact) mass is 482 g/mol. The summed E-state index contributed by atoms with van der Waals surface area (Å²) in [6.45, 7) is 2.26. The number of carbonyl (C=O) groups excluding carboxylic acids is 1. The van der Waals surface area contributed by atoms with Crippen molar-refractivity contribution in [2.45, 2.75) is 64.7 Å². The third kappa shape index (κ3) is 7.03. The van der Waals surface area contributed by atoms with E-state index in [1.807, 2.05) is 18.2 Å². The molecule has 0 radical (unpaired) electrons. The van der Waals surface area contributed by atoms with Gasteiger partial charge in [-0.1, -0.05) is 87.7 Å². The van der Waals surface area contributed by atoms with Crippen LogP contribution in [0.2, 0.25) is 5.02 Å². The van der Waals surface area contributed by atoms with E-state index in [4.69, 9.17) is 11.6 Å². The van der Waals surface area contributed by atoms with Crippen molar-refractivity contribution in [1.29, 1.82) is 0 Å². The van der Waals surface area contributed by atoms with Crippen LogP contribution in [-0.2, 0) is 6.42 Å². The molecule has 2 aromatic rings. The van der Waals surface area contributed by atoms with E-state index in [0.29, 0.717) is 10.6 Å². The lowest BCUT2D eigenvalue weighted by Crippen LogP contribution is -2.03. The molecule has 0 N–H and O–H groups in total. The van der Waals surface area contributed by atoms with Crippen LogP contribution >= 0.6 is 34.2 Å². The zero-order valence-electron chi connectivity index (χ0n) is 15.6. The first kappa shape index (κ1) is 21.4. The molecule has 3 heteroatoms. The van der Waals surface area contributed by atoms with E-state index in [2.05, 4.69) is 41.6 Å². The van der Waals surface area contributed by atoms with Crippen LogP contribution in [0.1, 0.15) is 79.8 Å². The molecule has 0 aliphatic rings. The Labute approximate surface area is 176 Å². The maximum absolute atomic E-state index is 12.6. The van der Waals surface area contributed by atoms with Crippen LogP contribution < -0.4 is 0 Å². The third-order valence-corrected chi connectivity index (χ3v) is 5.84. The fourth-order valence-electron chi connectivity index (χ4n) is 3.11. The van der Waals surface area contributed by atoms with E-state index in [0.717, 1.165) is 15.6 Å². The Balaban J connectivity index is 1.78. The molecule has 0 spiro atoms. The van der Waals surface area contributed by atoms with Gasteiger partial charge in [0.25, 0.3) is 0 Å². The predicted octanol–water partition coefficient (Wildman–Crippen LogP) is 7.86. The minimum Gasteiger partial charge on any atom is -0.289 e. The molecule has 0 aliphatic heterocycles. The highest BCUT2D eigenvalue weighted by molar-refractivity contribution is 14.1. The summed E-state index contributed by atoms with van der Waals surface area (Å²) < 4.78 is 0.892. The summed E-state index contributed by atoms with van der Waals surface area (Å²) in [6, 6.07) is 13.5. The molecule has 0 saturated heterocycles. The number of hydrogen-bond acceptors (Lipinski definition) is 1. The van der Waals surface area contributed by atoms with Gasteiger partial charge in [0.2, 0.25) is 0 Å². The van der Waals surface area contributed by atoms with Gasteiger partial charge in [-0.25, -0.2) is 0 Å². The van der Waals surface area contributed by atoms with Crippen LogP contribution in [0.4, 0.5) is 0 Å². The van der Waals surface area contributed by atoms with Crippen molar-refractivity contribution in [3.8, 4) is 0 Å². The molecular weight excluding hydrogens is 455 g/mol. The minimum atomic E-state index is 0.0599. The topological polar surface area (TPSA) is 17.1 Å². The molecule has 140 valence electrons. The highest BCUT2D eigenvalue weighted by atomic mass is 127. The molecule has 0 aliphatic carbocycles. The fraction of sp³-hybridized carbons (Fsp3) is 0.435. The Bertz CT molecular complexity index is 694. The number of aryl methyl sites for hydroxylation is 1. The van der Waals surface area contributed by atoms with Crippen LogP contribution in [0, 0.1) is 3.57 Å². The van der Waals surface area contributed by atoms with E-state index >= 15 is 0 Å². The normalized spacial score (nSPS) is 10.9. The zero-order valence-corrected chi connectivity index (χ0v) is 18.5. The Hall–Kier alpha value is -0.870. The SMILES string of the molecule is CCCCCCCCCCc1ccc(C(=O)c2ccc(Cl)cc2I)cc1. The van der Waals surface area contributed by atoms with Gasteiger partial charge < -0.3 is 0 Å². The number of carbonyl (C=O) groups is 1. The van der Waals surface area contributed by atoms with Gasteiger partial charge in [0.05, 0.1) is 0 Å². The summed E-state index contributed by atoms with van der Waals surface area (Å²) in [7, 11) is 0. The summed E-state index contributed by atoms with van der Waals surface area (Å²) in [5.74, 6) is 0.0599. The molecule has 2 aromatic carbocycles. The van der Waals surface area contributed by atoms with Gasteiger partial charge in [0.15, 0.2) is 5.78 Å². The summed E-state index contributed by atoms with van der Waals surface area (Å²) in [5, 5.41) is 0.659. The number of ketones is 1. The summed E-state index contributed by atoms with van der Waals surface area (Å²) >= 11 is 8.14. The quantitative estimate of drug-likeness (QED) is 0.181. The molecular formula is C23H28ClIO. The first-order valence-corrected chi connectivity index (χ1v) is 11.2. The van der Waals surface area contributed by atoms with Gasteiger partial charge in [-0.2, -0.15) is 0 Å². The molecule has 0 atom stereocenters. The van der Waals surface area contributed by atoms with Crippen molar-refractivity contribution in [2.24, 2.45) is 0 Å². The Morgan fingerprint density at radius 3 is 2.12 bits per heavy atom. The molecule has 1 nitrogen and oxygen atoms in total. The van der Waals surface area contributed by atoms with Gasteiger partial charge in [0.1, 0.15) is 0 Å². The van der Waals surface area contributed by atoms with Gasteiger partial charge in [0, 0.05) is 19.7 Å². The van der Waals surface area contributed by atoms with Crippen molar-refractivity contribution in [3.63, 3.8) is 0 Å². The van der Waals surface area contributed by atoms with Crippen molar-refractivity contribution >= 4 is 40.0 Å². The molecule has 0 saturated carbocycles. The van der Waals surface area contributed by atoms with Gasteiger partial charge in [-0.05, 0) is 59.2 Å². The summed E-state index contributed by atoms with van der Waals surface area (Å²) in [5.41, 5.74) is 2.77. The first-order chi connectivity index (χ1) is 12.6. The van der Waals surface area contributed by atoms with E-state index in [1.54, 1.807) is 12.1 Å². The van der Waals surface area contributed by atoms with Crippen molar-refractivity contribution in [1.82, 2.24) is 0 Å². The maximum Gasteiger partial charge on any atom is 0.194 e. The van der Waals surface area contributed by atoms with Crippen molar-refractivity contribution < 1.29 is 4.79 Å². The Kier molecular flexibility index (Phi) is 9.69. The lowest BCUT2D eigenvalue weighted by molar-refractivity contribution is 0.103. The third-order valence-electron chi connectivity index (χ3n) is 4.71. The molecule has 0 bridgehead atoms. The largest absolute Gasteiger partial charge is 0.289 e. The van der Waals surface area contributed by atoms with Crippen molar-refractivity contribution in [3.05, 3.63) is 67.7 Å². The molecule has 0 fully saturated rings. The summed E-state index contributed by atoms with van der Waals surface area (Å²) in [4.78, 5) is 12.6. The molecule has 26 heavy (non-hydrogen) atoms. The zero-order chi connectivity index (χ0) is 18.8. The van der Waals surface area contributed by atoms with Gasteiger partial charge in [-0.3, -0.25) is 4.79 Å². The molecule has 0 unspecified atom stereocenters. The molecule has 0 aromatic heterocycles. The lowest BCUT2D eigenvalue weighted by atomic mass is 9.99. The van der Waals surface area contributed by atoms with Crippen molar-refractivity contribution in [2.75, 3.05) is 0 Å². The average molecular weight is 483 g/mol. The number of halogens is 2. The highest BCUT2D eigenvalue weighted by Crippen LogP contribution is 2.21. The number of benzene rings is 2. The predicted molar refractivity (Wildman–Crippen MR) is 120 cm³/mol. The van der Waals surface area contributed by atoms with E-state index in [9.17, 15) is 4.79 Å². The number of rotatable bonds is 11. The average Bonchev–Trinajstić information content (AvgIpc) is 2.64. The molecule has 2 rings (SSSR count). The second kappa shape index (κ2) is 11.8. The maximum atomic E-state index is 12.6. The summed E-state index contributed by atoms with van der Waals surface area (Å²) in [6.07, 6.45) is 11.8. The highest BCUT2D eigenvalue weighted by Gasteiger charge is 2.12. The smallest absolute Gasteiger partial charge is 0.194 e. The number of unbranched alkanes of at least 4 members (excludes halogenated alkanes) is 7. The van der Waals surface area contributed by atoms with Crippen LogP contribution in [0.25, 0.3) is 0 Å². The first-order valence-electron chi connectivity index (χ1n) is 9.70. The van der Waals surface area contributed by atoms with Crippen LogP contribution in [0.5, 0.6) is 0 Å². The fourth-order valence-corrected chi connectivity index (χ4v) is 4.23. The van der Waals surface area contributed by atoms with Gasteiger partial charge in [-0.15, -0.1) is 0 Å². The van der Waals surface area contributed by atoms with Crippen LogP contribution in [0.3, 0.4) is 0 Å². The van der Waals surface area contributed by atoms with Gasteiger partial charge >= 0.3 is 0 Å². The standard InChI is InChI=1S/C23H28ClIO/c1-2-3-4-5-6-7-8-9-10-18-11-13-19(14-12-18)23(26)21-16-15-20(24)17-22(21)25/h11-17H,2-10H2,1H3. The minimum absolute atomic E-state index is 0.0599. The number of hydrogen-bond donors (Lipinski definition) is 0. The van der Waals surface area contributed by atoms with E-state index < -0.39 is 0 Å². The lowest BCUT2D eigenvalue weighted by Gasteiger charge is -2.06. The van der Waals surface area contributed by atoms with Crippen LogP contribution in [-0.4, -0.2) is 5.78 Å². The second-order valence-corrected chi connectivity index (χ2v) is 8.47. The van der Waals surface area contributed by atoms with Crippen LogP contribution in [0.15, 0.2) is 42.5 Å². The molecule has 0 heterocycles. The Morgan fingerprint density at radius 1 is 0.885 bits per heavy atom. The van der Waals surface area contributed by atoms with E-state index in [1.165, 1.54) is 56.9 Å². The van der Waals surface area contributed by atoms with E-state index in [-0.39, 0.29) is 5.78 Å². The molecule has 0 amide bonds.